The van der Waals surface area contributed by atoms with Crippen LogP contribution in [0.5, 0.6) is 0 Å². The lowest BCUT2D eigenvalue weighted by atomic mass is 9.75. The summed E-state index contributed by atoms with van der Waals surface area (Å²) in [5.41, 5.74) is 1.11. The molecule has 1 aliphatic heterocycles. The van der Waals surface area contributed by atoms with Crippen LogP contribution in [0.1, 0.15) is 13.8 Å². The second-order valence-corrected chi connectivity index (χ2v) is 2.31. The van der Waals surface area contributed by atoms with E-state index in [2.05, 4.69) is 10.2 Å². The number of allylic oxidation sites excluding steroid dienone is 1. The van der Waals surface area contributed by atoms with Gasteiger partial charge in [0.2, 0.25) is 0 Å². The van der Waals surface area contributed by atoms with Crippen LogP contribution in [0.2, 0.25) is 0 Å². The van der Waals surface area contributed by atoms with Crippen LogP contribution >= 0.6 is 0 Å². The molecule has 5 heteroatoms. The van der Waals surface area contributed by atoms with E-state index in [4.69, 9.17) is 10.0 Å². The molecule has 0 unspecified atom stereocenters. The maximum atomic E-state index is 8.77. The highest BCUT2D eigenvalue weighted by atomic mass is 16.4. The van der Waals surface area contributed by atoms with Crippen molar-refractivity contribution in [3.05, 3.63) is 11.2 Å². The zero-order valence-electron chi connectivity index (χ0n) is 5.94. The van der Waals surface area contributed by atoms with Crippen molar-refractivity contribution in [2.75, 3.05) is 0 Å². The Morgan fingerprint density at radius 1 is 1.50 bits per heavy atom. The third-order valence-electron chi connectivity index (χ3n) is 1.53. The number of azo groups is 1. The maximum Gasteiger partial charge on any atom is 0.488 e. The second-order valence-electron chi connectivity index (χ2n) is 2.31. The van der Waals surface area contributed by atoms with Crippen LogP contribution in [0.3, 0.4) is 0 Å². The Kier molecular flexibility index (Phi) is 1.87. The van der Waals surface area contributed by atoms with Crippen LogP contribution in [0.25, 0.3) is 0 Å². The molecule has 0 fully saturated rings. The average Bonchev–Trinajstić information content (AvgIpc) is 2.11. The van der Waals surface area contributed by atoms with Gasteiger partial charge in [-0.3, -0.25) is 0 Å². The van der Waals surface area contributed by atoms with Gasteiger partial charge in [-0.2, -0.15) is 10.2 Å². The Balaban J connectivity index is 2.85. The van der Waals surface area contributed by atoms with Gasteiger partial charge in [-0.25, -0.2) is 0 Å². The molecule has 0 bridgehead atoms. The summed E-state index contributed by atoms with van der Waals surface area (Å²) in [7, 11) is -1.41. The Hall–Kier alpha value is -0.675. The molecule has 2 N–H and O–H groups in total. The minimum absolute atomic E-state index is 0.181. The highest BCUT2D eigenvalue weighted by Crippen LogP contribution is 2.21. The van der Waals surface area contributed by atoms with Crippen LogP contribution in [0, 0.1) is 0 Å². The largest absolute Gasteiger partial charge is 0.488 e. The Morgan fingerprint density at radius 3 is 2.30 bits per heavy atom. The number of rotatable bonds is 1. The number of hydrogen-bond acceptors (Lipinski definition) is 4. The van der Waals surface area contributed by atoms with E-state index >= 15 is 0 Å². The third kappa shape index (κ3) is 1.10. The summed E-state index contributed by atoms with van der Waals surface area (Å²) < 4.78 is 0. The minimum Gasteiger partial charge on any atom is -0.423 e. The maximum absolute atomic E-state index is 8.77. The molecule has 1 rings (SSSR count). The van der Waals surface area contributed by atoms with E-state index in [0.29, 0.717) is 11.2 Å². The lowest BCUT2D eigenvalue weighted by Crippen LogP contribution is -2.22. The fourth-order valence-corrected chi connectivity index (χ4v) is 0.998. The summed E-state index contributed by atoms with van der Waals surface area (Å²) in [5.74, 6) is 0. The van der Waals surface area contributed by atoms with Gasteiger partial charge in [-0.05, 0) is 13.8 Å². The first-order valence-corrected chi connectivity index (χ1v) is 3.10. The monoisotopic (exact) mass is 140 g/mol. The highest BCUT2D eigenvalue weighted by Gasteiger charge is 2.27. The van der Waals surface area contributed by atoms with Gasteiger partial charge >= 0.3 is 7.12 Å². The smallest absolute Gasteiger partial charge is 0.423 e. The topological polar surface area (TPSA) is 65.2 Å². The van der Waals surface area contributed by atoms with Crippen molar-refractivity contribution in [3.63, 3.8) is 0 Å². The van der Waals surface area contributed by atoms with E-state index in [1.807, 2.05) is 0 Å². The molecule has 0 aromatic heterocycles. The van der Waals surface area contributed by atoms with Crippen molar-refractivity contribution >= 4 is 7.12 Å². The van der Waals surface area contributed by atoms with Crippen molar-refractivity contribution in [2.24, 2.45) is 10.2 Å². The van der Waals surface area contributed by atoms with Crippen LogP contribution in [0.4, 0.5) is 0 Å². The van der Waals surface area contributed by atoms with Crippen LogP contribution < -0.4 is 0 Å². The van der Waals surface area contributed by atoms with Crippen LogP contribution in [0.15, 0.2) is 21.4 Å². The first kappa shape index (κ1) is 7.43. The van der Waals surface area contributed by atoms with Gasteiger partial charge in [0, 0.05) is 5.47 Å². The van der Waals surface area contributed by atoms with Gasteiger partial charge in [-0.15, -0.1) is 0 Å². The zero-order valence-corrected chi connectivity index (χ0v) is 5.94. The molecule has 54 valence electrons. The fraction of sp³-hybridized carbons (Fsp3) is 0.600. The van der Waals surface area contributed by atoms with E-state index < -0.39 is 7.12 Å². The molecule has 10 heavy (non-hydrogen) atoms. The first-order chi connectivity index (χ1) is 4.63. The van der Waals surface area contributed by atoms with Crippen LogP contribution in [-0.4, -0.2) is 23.2 Å². The number of nitrogens with zero attached hydrogens (tertiary/aromatic N) is 2. The summed E-state index contributed by atoms with van der Waals surface area (Å²) in [5, 5.41) is 25.0. The predicted octanol–water partition coefficient (Wildman–Crippen LogP) is 0.127. The standard InChI is InChI=1S/C5H9BN2O2/c1-3-5(6(9)10)4(2)8-7-3/h3,9-10H,1-2H3/t3-/m1/s1. The SMILES string of the molecule is CC1=C(B(O)O)[C@@H](C)N=N1. The van der Waals surface area contributed by atoms with Gasteiger partial charge in [0.05, 0.1) is 11.7 Å². The quantitative estimate of drug-likeness (QED) is 0.508. The first-order valence-electron chi connectivity index (χ1n) is 3.10. The summed E-state index contributed by atoms with van der Waals surface area (Å²) in [6.07, 6.45) is 0. The van der Waals surface area contributed by atoms with Crippen molar-refractivity contribution in [1.29, 1.82) is 0 Å². The molecule has 0 aliphatic carbocycles. The molecular weight excluding hydrogens is 131 g/mol. The summed E-state index contributed by atoms with van der Waals surface area (Å²) in [6.45, 7) is 3.48. The van der Waals surface area contributed by atoms with Crippen molar-refractivity contribution in [2.45, 2.75) is 19.9 Å². The molecule has 0 amide bonds. The average molecular weight is 140 g/mol. The minimum atomic E-state index is -1.41. The summed E-state index contributed by atoms with van der Waals surface area (Å²) >= 11 is 0. The van der Waals surface area contributed by atoms with Crippen molar-refractivity contribution in [1.82, 2.24) is 0 Å². The Labute approximate surface area is 59.4 Å². The van der Waals surface area contributed by atoms with Gasteiger partial charge in [0.1, 0.15) is 0 Å². The molecule has 0 spiro atoms. The van der Waals surface area contributed by atoms with Crippen molar-refractivity contribution < 1.29 is 10.0 Å². The van der Waals surface area contributed by atoms with Gasteiger partial charge in [-0.1, -0.05) is 0 Å². The predicted molar refractivity (Wildman–Crippen MR) is 37.2 cm³/mol. The fourth-order valence-electron chi connectivity index (χ4n) is 0.998. The zero-order chi connectivity index (χ0) is 7.72. The van der Waals surface area contributed by atoms with Gasteiger partial charge < -0.3 is 10.0 Å². The molecular formula is C5H9BN2O2. The van der Waals surface area contributed by atoms with E-state index in [1.165, 1.54) is 0 Å². The normalized spacial score (nSPS) is 24.2. The second kappa shape index (κ2) is 2.52. The number of hydrogen-bond donors (Lipinski definition) is 2. The molecule has 0 aromatic rings. The Bertz CT molecular complexity index is 200. The summed E-state index contributed by atoms with van der Waals surface area (Å²) in [4.78, 5) is 0. The molecule has 4 nitrogen and oxygen atoms in total. The lowest BCUT2D eigenvalue weighted by molar-refractivity contribution is 0.415. The molecule has 0 radical (unpaired) electrons. The lowest BCUT2D eigenvalue weighted by Gasteiger charge is -2.03. The molecule has 1 aliphatic rings. The van der Waals surface area contributed by atoms with Gasteiger partial charge in [0.15, 0.2) is 0 Å². The van der Waals surface area contributed by atoms with Crippen molar-refractivity contribution in [3.8, 4) is 0 Å². The molecule has 1 heterocycles. The van der Waals surface area contributed by atoms with E-state index in [9.17, 15) is 0 Å². The molecule has 0 saturated carbocycles. The van der Waals surface area contributed by atoms with Crippen LogP contribution in [-0.2, 0) is 0 Å². The Morgan fingerprint density at radius 2 is 2.10 bits per heavy atom. The van der Waals surface area contributed by atoms with Gasteiger partial charge in [0.25, 0.3) is 0 Å². The van der Waals surface area contributed by atoms with E-state index in [0.717, 1.165) is 0 Å². The van der Waals surface area contributed by atoms with E-state index in [1.54, 1.807) is 13.8 Å². The third-order valence-corrected chi connectivity index (χ3v) is 1.53. The summed E-state index contributed by atoms with van der Waals surface area (Å²) in [6, 6.07) is -0.181. The highest BCUT2D eigenvalue weighted by molar-refractivity contribution is 6.51. The molecule has 0 aromatic carbocycles. The molecule has 1 atom stereocenters. The van der Waals surface area contributed by atoms with E-state index in [-0.39, 0.29) is 6.04 Å². The molecule has 0 saturated heterocycles.